The summed E-state index contributed by atoms with van der Waals surface area (Å²) < 4.78 is 36.2. The Balaban J connectivity index is 2.12. The summed E-state index contributed by atoms with van der Waals surface area (Å²) in [5.41, 5.74) is -0.692. The predicted octanol–water partition coefficient (Wildman–Crippen LogP) is 3.07. The van der Waals surface area contributed by atoms with Crippen molar-refractivity contribution in [3.05, 3.63) is 63.7 Å². The second-order valence-electron chi connectivity index (χ2n) is 5.34. The number of non-ortho nitro benzene ring substituents is 1. The van der Waals surface area contributed by atoms with E-state index in [1.54, 1.807) is 0 Å². The van der Waals surface area contributed by atoms with Crippen LogP contribution in [0.4, 0.5) is 20.2 Å². The van der Waals surface area contributed by atoms with Crippen molar-refractivity contribution in [3.63, 3.8) is 0 Å². The highest BCUT2D eigenvalue weighted by Crippen LogP contribution is 2.29. The fourth-order valence-corrected chi connectivity index (χ4v) is 2.10. The lowest BCUT2D eigenvalue weighted by atomic mass is 10.2. The molecular formula is C17H14F2N2O6. The van der Waals surface area contributed by atoms with Gasteiger partial charge < -0.3 is 14.8 Å². The number of benzene rings is 2. The number of methoxy groups -OCH3 is 1. The molecule has 2 aromatic carbocycles. The summed E-state index contributed by atoms with van der Waals surface area (Å²) in [6.07, 6.45) is -1.35. The number of carbonyl (C=O) groups is 2. The Kier molecular flexibility index (Phi) is 6.01. The molecule has 1 N–H and O–H groups in total. The first-order valence-corrected chi connectivity index (χ1v) is 7.51. The van der Waals surface area contributed by atoms with E-state index in [2.05, 4.69) is 5.32 Å². The van der Waals surface area contributed by atoms with Gasteiger partial charge in [-0.05, 0) is 25.1 Å². The van der Waals surface area contributed by atoms with Gasteiger partial charge in [0.1, 0.15) is 17.4 Å². The minimum absolute atomic E-state index is 0.00333. The number of hydrogen-bond donors (Lipinski definition) is 1. The lowest BCUT2D eigenvalue weighted by Crippen LogP contribution is -2.30. The quantitative estimate of drug-likeness (QED) is 0.469. The van der Waals surface area contributed by atoms with Gasteiger partial charge in [-0.1, -0.05) is 0 Å². The highest BCUT2D eigenvalue weighted by atomic mass is 19.1. The fraction of sp³-hybridized carbons (Fsp3) is 0.176. The highest BCUT2D eigenvalue weighted by Gasteiger charge is 2.22. The van der Waals surface area contributed by atoms with Crippen LogP contribution in [0.2, 0.25) is 0 Å². The van der Waals surface area contributed by atoms with Crippen molar-refractivity contribution < 1.29 is 32.8 Å². The normalized spacial score (nSPS) is 11.4. The molecule has 142 valence electrons. The summed E-state index contributed by atoms with van der Waals surface area (Å²) in [5.74, 6) is -3.72. The number of hydrogen-bond acceptors (Lipinski definition) is 6. The molecule has 0 fully saturated rings. The third-order valence-corrected chi connectivity index (χ3v) is 3.40. The molecule has 0 saturated carbocycles. The standard InChI is InChI=1S/C17H14F2N2O6/c1-9(27-17(23)10-5-11(18)7-12(19)6-10)16(22)20-14-8-13(21(24)25)3-4-15(14)26-2/h3-9H,1-2H3,(H,20,22)/t9-/m0/s1. The van der Waals surface area contributed by atoms with Crippen LogP contribution in [0.1, 0.15) is 17.3 Å². The monoisotopic (exact) mass is 380 g/mol. The molecule has 2 rings (SSSR count). The van der Waals surface area contributed by atoms with E-state index in [4.69, 9.17) is 9.47 Å². The lowest BCUT2D eigenvalue weighted by Gasteiger charge is -2.15. The van der Waals surface area contributed by atoms with Crippen molar-refractivity contribution in [1.82, 2.24) is 0 Å². The number of anilines is 1. The number of ether oxygens (including phenoxy) is 2. The third kappa shape index (κ3) is 4.97. The van der Waals surface area contributed by atoms with Gasteiger partial charge in [0, 0.05) is 18.2 Å². The SMILES string of the molecule is COc1ccc([N+](=O)[O-])cc1NC(=O)[C@H](C)OC(=O)c1cc(F)cc(F)c1. The van der Waals surface area contributed by atoms with Crippen molar-refractivity contribution in [2.45, 2.75) is 13.0 Å². The van der Waals surface area contributed by atoms with E-state index >= 15 is 0 Å². The van der Waals surface area contributed by atoms with Crippen molar-refractivity contribution in [2.24, 2.45) is 0 Å². The van der Waals surface area contributed by atoms with E-state index in [0.29, 0.717) is 6.07 Å². The van der Waals surface area contributed by atoms with E-state index in [9.17, 15) is 28.5 Å². The number of carbonyl (C=O) groups excluding carboxylic acids is 2. The summed E-state index contributed by atoms with van der Waals surface area (Å²) in [4.78, 5) is 34.3. The maximum atomic E-state index is 13.2. The van der Waals surface area contributed by atoms with Crippen LogP contribution in [0.15, 0.2) is 36.4 Å². The van der Waals surface area contributed by atoms with Gasteiger partial charge in [-0.25, -0.2) is 13.6 Å². The van der Waals surface area contributed by atoms with E-state index in [-0.39, 0.29) is 17.1 Å². The topological polar surface area (TPSA) is 108 Å². The smallest absolute Gasteiger partial charge is 0.339 e. The molecule has 27 heavy (non-hydrogen) atoms. The Bertz CT molecular complexity index is 883. The van der Waals surface area contributed by atoms with Crippen LogP contribution in [0.3, 0.4) is 0 Å². The average Bonchev–Trinajstić information content (AvgIpc) is 2.60. The number of nitro benzene ring substituents is 1. The summed E-state index contributed by atoms with van der Waals surface area (Å²) in [6.45, 7) is 1.23. The molecule has 2 aromatic rings. The molecule has 0 aliphatic heterocycles. The largest absolute Gasteiger partial charge is 0.495 e. The number of nitrogens with zero attached hydrogens (tertiary/aromatic N) is 1. The fourth-order valence-electron chi connectivity index (χ4n) is 2.10. The van der Waals surface area contributed by atoms with Crippen LogP contribution in [0, 0.1) is 21.7 Å². The van der Waals surface area contributed by atoms with Crippen molar-refractivity contribution in [1.29, 1.82) is 0 Å². The van der Waals surface area contributed by atoms with Crippen LogP contribution < -0.4 is 10.1 Å². The minimum atomic E-state index is -1.35. The van der Waals surface area contributed by atoms with Gasteiger partial charge in [0.05, 0.1) is 23.3 Å². The van der Waals surface area contributed by atoms with Gasteiger partial charge in [-0.3, -0.25) is 14.9 Å². The van der Waals surface area contributed by atoms with E-state index < -0.39 is 40.1 Å². The zero-order chi connectivity index (χ0) is 20.1. The molecule has 0 unspecified atom stereocenters. The van der Waals surface area contributed by atoms with Gasteiger partial charge in [0.15, 0.2) is 6.10 Å². The van der Waals surface area contributed by atoms with Crippen molar-refractivity contribution >= 4 is 23.3 Å². The first-order valence-electron chi connectivity index (χ1n) is 7.51. The van der Waals surface area contributed by atoms with Gasteiger partial charge in [0.2, 0.25) is 0 Å². The molecule has 0 heterocycles. The Labute approximate surface area is 151 Å². The number of rotatable bonds is 6. The van der Waals surface area contributed by atoms with E-state index in [0.717, 1.165) is 18.2 Å². The number of halogens is 2. The summed E-state index contributed by atoms with van der Waals surface area (Å²) >= 11 is 0. The maximum Gasteiger partial charge on any atom is 0.339 e. The van der Waals surface area contributed by atoms with Crippen LogP contribution in [-0.2, 0) is 9.53 Å². The highest BCUT2D eigenvalue weighted by molar-refractivity contribution is 5.98. The molecular weight excluding hydrogens is 366 g/mol. The van der Waals surface area contributed by atoms with Gasteiger partial charge >= 0.3 is 5.97 Å². The van der Waals surface area contributed by atoms with Crippen LogP contribution in [0.25, 0.3) is 0 Å². The molecule has 0 saturated heterocycles. The van der Waals surface area contributed by atoms with Gasteiger partial charge in [-0.2, -0.15) is 0 Å². The summed E-state index contributed by atoms with van der Waals surface area (Å²) in [5, 5.41) is 13.2. The molecule has 1 amide bonds. The zero-order valence-electron chi connectivity index (χ0n) is 14.2. The number of amides is 1. The average molecular weight is 380 g/mol. The molecule has 1 atom stereocenters. The number of nitro groups is 1. The molecule has 0 spiro atoms. The van der Waals surface area contributed by atoms with Gasteiger partial charge in [-0.15, -0.1) is 0 Å². The van der Waals surface area contributed by atoms with Gasteiger partial charge in [0.25, 0.3) is 11.6 Å². The summed E-state index contributed by atoms with van der Waals surface area (Å²) in [6, 6.07) is 5.67. The summed E-state index contributed by atoms with van der Waals surface area (Å²) in [7, 11) is 1.30. The molecule has 0 aromatic heterocycles. The van der Waals surface area contributed by atoms with E-state index in [1.165, 1.54) is 26.2 Å². The van der Waals surface area contributed by atoms with E-state index in [1.807, 2.05) is 0 Å². The molecule has 8 nitrogen and oxygen atoms in total. The molecule has 0 radical (unpaired) electrons. The lowest BCUT2D eigenvalue weighted by molar-refractivity contribution is -0.384. The van der Waals surface area contributed by atoms with Crippen LogP contribution in [-0.4, -0.2) is 30.0 Å². The third-order valence-electron chi connectivity index (χ3n) is 3.40. The van der Waals surface area contributed by atoms with Crippen molar-refractivity contribution in [3.8, 4) is 5.75 Å². The Morgan fingerprint density at radius 1 is 1.15 bits per heavy atom. The minimum Gasteiger partial charge on any atom is -0.495 e. The molecule has 0 aliphatic carbocycles. The Hall–Kier alpha value is -3.56. The first-order chi connectivity index (χ1) is 12.7. The molecule has 0 aliphatic rings. The first kappa shape index (κ1) is 19.8. The van der Waals surface area contributed by atoms with Crippen LogP contribution >= 0.6 is 0 Å². The zero-order valence-corrected chi connectivity index (χ0v) is 14.2. The second-order valence-corrected chi connectivity index (χ2v) is 5.34. The Morgan fingerprint density at radius 2 is 1.78 bits per heavy atom. The number of esters is 1. The molecule has 0 bridgehead atoms. The van der Waals surface area contributed by atoms with Crippen LogP contribution in [0.5, 0.6) is 5.75 Å². The molecule has 10 heteroatoms. The number of nitrogens with one attached hydrogen (secondary N) is 1. The second kappa shape index (κ2) is 8.21. The Morgan fingerprint density at radius 3 is 2.33 bits per heavy atom. The van der Waals surface area contributed by atoms with Crippen molar-refractivity contribution in [2.75, 3.05) is 12.4 Å². The maximum absolute atomic E-state index is 13.2. The predicted molar refractivity (Wildman–Crippen MR) is 89.5 cm³/mol.